The van der Waals surface area contributed by atoms with E-state index in [1.807, 2.05) is 13.1 Å². The Kier molecular flexibility index (Phi) is 3.81. The number of aromatic hydroxyl groups is 1. The van der Waals surface area contributed by atoms with Crippen LogP contribution in [0.25, 0.3) is 0 Å². The van der Waals surface area contributed by atoms with Gasteiger partial charge in [0.25, 0.3) is 5.91 Å². The van der Waals surface area contributed by atoms with Crippen LogP contribution < -0.4 is 0 Å². The first kappa shape index (κ1) is 15.5. The highest BCUT2D eigenvalue weighted by Crippen LogP contribution is 2.31. The van der Waals surface area contributed by atoms with E-state index in [0.717, 1.165) is 11.6 Å². The van der Waals surface area contributed by atoms with Gasteiger partial charge in [0.05, 0.1) is 19.3 Å². The summed E-state index contributed by atoms with van der Waals surface area (Å²) in [6.45, 7) is 2.78. The van der Waals surface area contributed by atoms with E-state index in [2.05, 4.69) is 5.10 Å². The van der Waals surface area contributed by atoms with E-state index in [9.17, 15) is 14.3 Å². The van der Waals surface area contributed by atoms with Gasteiger partial charge in [-0.15, -0.1) is 0 Å². The Hall–Kier alpha value is -2.41. The number of ether oxygens (including phenoxy) is 1. The molecular weight excluding hydrogens is 301 g/mol. The number of hydrogen-bond donors (Lipinski definition) is 1. The van der Waals surface area contributed by atoms with Crippen LogP contribution in [0.5, 0.6) is 5.75 Å². The maximum atomic E-state index is 13.9. The van der Waals surface area contributed by atoms with Crippen molar-refractivity contribution in [3.63, 3.8) is 0 Å². The molecule has 1 atom stereocenters. The molecule has 0 radical (unpaired) electrons. The van der Waals surface area contributed by atoms with Crippen LogP contribution in [-0.4, -0.2) is 45.4 Å². The number of aromatic nitrogens is 2. The Morgan fingerprint density at radius 3 is 2.91 bits per heavy atom. The second-order valence-electron chi connectivity index (χ2n) is 5.84. The van der Waals surface area contributed by atoms with Gasteiger partial charge in [-0.05, 0) is 19.1 Å². The summed E-state index contributed by atoms with van der Waals surface area (Å²) in [5, 5.41) is 13.9. The molecular formula is C16H18FN3O3. The Labute approximate surface area is 133 Å². The van der Waals surface area contributed by atoms with Crippen LogP contribution in [0, 0.1) is 5.82 Å². The van der Waals surface area contributed by atoms with Gasteiger partial charge in [-0.25, -0.2) is 4.39 Å². The minimum absolute atomic E-state index is 0.255. The van der Waals surface area contributed by atoms with Crippen molar-refractivity contribution in [2.24, 2.45) is 7.05 Å². The smallest absolute Gasteiger partial charge is 0.260 e. The number of rotatable bonds is 2. The van der Waals surface area contributed by atoms with Crippen molar-refractivity contribution < 1.29 is 19.0 Å². The zero-order valence-electron chi connectivity index (χ0n) is 13.0. The van der Waals surface area contributed by atoms with E-state index in [-0.39, 0.29) is 17.9 Å². The number of carbonyl (C=O) groups is 1. The second-order valence-corrected chi connectivity index (χ2v) is 5.84. The third kappa shape index (κ3) is 2.79. The van der Waals surface area contributed by atoms with E-state index < -0.39 is 17.3 Å². The molecule has 1 unspecified atom stereocenters. The normalized spacial score (nSPS) is 21.4. The molecule has 1 amide bonds. The molecule has 3 rings (SSSR count). The largest absolute Gasteiger partial charge is 0.507 e. The third-order valence-electron chi connectivity index (χ3n) is 4.08. The van der Waals surface area contributed by atoms with E-state index in [1.165, 1.54) is 17.0 Å². The number of aryl methyl sites for hydroxylation is 1. The van der Waals surface area contributed by atoms with Crippen LogP contribution in [0.4, 0.5) is 4.39 Å². The van der Waals surface area contributed by atoms with Crippen molar-refractivity contribution in [1.82, 2.24) is 14.7 Å². The molecule has 1 fully saturated rings. The molecule has 7 heteroatoms. The van der Waals surface area contributed by atoms with Gasteiger partial charge in [0.1, 0.15) is 22.7 Å². The first-order chi connectivity index (χ1) is 10.9. The highest BCUT2D eigenvalue weighted by molar-refractivity contribution is 5.97. The van der Waals surface area contributed by atoms with E-state index in [4.69, 9.17) is 4.74 Å². The lowest BCUT2D eigenvalue weighted by Gasteiger charge is -2.40. The average Bonchev–Trinajstić information content (AvgIpc) is 2.94. The third-order valence-corrected chi connectivity index (χ3v) is 4.08. The Morgan fingerprint density at radius 2 is 2.26 bits per heavy atom. The maximum absolute atomic E-state index is 13.9. The van der Waals surface area contributed by atoms with Crippen molar-refractivity contribution in [3.8, 4) is 5.75 Å². The quantitative estimate of drug-likeness (QED) is 0.914. The number of hydrogen-bond acceptors (Lipinski definition) is 4. The molecule has 1 N–H and O–H groups in total. The molecule has 0 spiro atoms. The summed E-state index contributed by atoms with van der Waals surface area (Å²) in [7, 11) is 1.80. The predicted molar refractivity (Wildman–Crippen MR) is 80.5 cm³/mol. The number of phenols is 1. The van der Waals surface area contributed by atoms with Crippen molar-refractivity contribution in [3.05, 3.63) is 47.5 Å². The lowest BCUT2D eigenvalue weighted by molar-refractivity contribution is -0.0932. The zero-order valence-corrected chi connectivity index (χ0v) is 13.0. The highest BCUT2D eigenvalue weighted by atomic mass is 19.1. The fourth-order valence-corrected chi connectivity index (χ4v) is 2.79. The Bertz CT molecular complexity index is 726. The molecule has 0 bridgehead atoms. The minimum Gasteiger partial charge on any atom is -0.507 e. The minimum atomic E-state index is -0.732. The maximum Gasteiger partial charge on any atom is 0.260 e. The first-order valence-corrected chi connectivity index (χ1v) is 7.30. The second kappa shape index (κ2) is 5.66. The van der Waals surface area contributed by atoms with Crippen LogP contribution in [0.15, 0.2) is 30.6 Å². The summed E-state index contributed by atoms with van der Waals surface area (Å²) in [5.41, 5.74) is -0.179. The zero-order chi connectivity index (χ0) is 16.6. The fourth-order valence-electron chi connectivity index (χ4n) is 2.79. The molecule has 1 aromatic heterocycles. The number of carbonyl (C=O) groups excluding carboxylic acids is 1. The van der Waals surface area contributed by atoms with E-state index in [1.54, 1.807) is 17.9 Å². The molecule has 2 aromatic rings. The predicted octanol–water partition coefficient (Wildman–Crippen LogP) is 1.65. The molecule has 1 saturated heterocycles. The molecule has 0 saturated carbocycles. The van der Waals surface area contributed by atoms with Crippen molar-refractivity contribution >= 4 is 5.91 Å². The van der Waals surface area contributed by atoms with Crippen LogP contribution >= 0.6 is 0 Å². The molecule has 1 aliphatic rings. The van der Waals surface area contributed by atoms with Crippen molar-refractivity contribution in [2.45, 2.75) is 12.5 Å². The topological polar surface area (TPSA) is 67.6 Å². The van der Waals surface area contributed by atoms with Gasteiger partial charge < -0.3 is 14.7 Å². The number of morpholine rings is 1. The molecule has 6 nitrogen and oxygen atoms in total. The number of halogens is 1. The van der Waals surface area contributed by atoms with Gasteiger partial charge in [0.2, 0.25) is 0 Å². The van der Waals surface area contributed by atoms with Gasteiger partial charge in [-0.3, -0.25) is 9.48 Å². The van der Waals surface area contributed by atoms with E-state index >= 15 is 0 Å². The molecule has 0 aliphatic carbocycles. The average molecular weight is 319 g/mol. The van der Waals surface area contributed by atoms with Gasteiger partial charge >= 0.3 is 0 Å². The summed E-state index contributed by atoms with van der Waals surface area (Å²) < 4.78 is 21.4. The summed E-state index contributed by atoms with van der Waals surface area (Å²) in [4.78, 5) is 14.1. The lowest BCUT2D eigenvalue weighted by Crippen LogP contribution is -2.50. The summed E-state index contributed by atoms with van der Waals surface area (Å²) in [6.07, 6.45) is 3.52. The monoisotopic (exact) mass is 319 g/mol. The first-order valence-electron chi connectivity index (χ1n) is 7.30. The van der Waals surface area contributed by atoms with Crippen LogP contribution in [0.3, 0.4) is 0 Å². The number of nitrogens with zero attached hydrogens (tertiary/aromatic N) is 3. The Balaban J connectivity index is 1.88. The summed E-state index contributed by atoms with van der Waals surface area (Å²) in [5.74, 6) is -1.63. The number of benzene rings is 1. The Morgan fingerprint density at radius 1 is 1.48 bits per heavy atom. The molecule has 2 heterocycles. The molecule has 23 heavy (non-hydrogen) atoms. The van der Waals surface area contributed by atoms with Gasteiger partial charge in [-0.1, -0.05) is 6.07 Å². The number of amides is 1. The van der Waals surface area contributed by atoms with Crippen LogP contribution in [0.2, 0.25) is 0 Å². The summed E-state index contributed by atoms with van der Waals surface area (Å²) >= 11 is 0. The van der Waals surface area contributed by atoms with E-state index in [0.29, 0.717) is 13.2 Å². The van der Waals surface area contributed by atoms with Crippen molar-refractivity contribution in [2.75, 3.05) is 19.7 Å². The number of phenolic OH excluding ortho intramolecular Hbond substituents is 1. The van der Waals surface area contributed by atoms with Gasteiger partial charge in [0, 0.05) is 25.4 Å². The lowest BCUT2D eigenvalue weighted by atomic mass is 9.96. The molecule has 122 valence electrons. The summed E-state index contributed by atoms with van der Waals surface area (Å²) in [6, 6.07) is 3.82. The van der Waals surface area contributed by atoms with Crippen molar-refractivity contribution in [1.29, 1.82) is 0 Å². The SMILES string of the molecule is Cn1cc(C2(C)CN(C(=O)c3c(O)cccc3F)CCO2)cn1. The molecule has 1 aromatic carbocycles. The highest BCUT2D eigenvalue weighted by Gasteiger charge is 2.38. The van der Waals surface area contributed by atoms with Gasteiger partial charge in [0.15, 0.2) is 0 Å². The standard InChI is InChI=1S/C16H18FN3O3/c1-16(11-8-18-19(2)9-11)10-20(6-7-23-16)15(22)14-12(17)4-3-5-13(14)21/h3-5,8-9,21H,6-7,10H2,1-2H3. The van der Waals surface area contributed by atoms with Crippen LogP contribution in [-0.2, 0) is 17.4 Å². The molecule has 1 aliphatic heterocycles. The van der Waals surface area contributed by atoms with Crippen LogP contribution in [0.1, 0.15) is 22.8 Å². The van der Waals surface area contributed by atoms with Gasteiger partial charge in [-0.2, -0.15) is 5.10 Å². The fraction of sp³-hybridized carbons (Fsp3) is 0.375.